The van der Waals surface area contributed by atoms with E-state index in [1.165, 1.54) is 0 Å². The van der Waals surface area contributed by atoms with Crippen molar-refractivity contribution in [2.45, 2.75) is 26.3 Å². The molecule has 0 aromatic heterocycles. The maximum atomic E-state index is 12.2. The van der Waals surface area contributed by atoms with Crippen LogP contribution < -0.4 is 16.4 Å². The normalized spacial score (nSPS) is 11.4. The fourth-order valence-corrected chi connectivity index (χ4v) is 2.16. The molecule has 2 amide bonds. The molecular formula is C19H24ClN3O2. The first-order chi connectivity index (χ1) is 11.5. The maximum Gasteiger partial charge on any atom is 0.241 e. The number of carbonyl (C=O) groups is 2. The lowest BCUT2D eigenvalue weighted by Gasteiger charge is -2.14. The highest BCUT2D eigenvalue weighted by Crippen LogP contribution is 2.16. The Labute approximate surface area is 154 Å². The third-order valence-electron chi connectivity index (χ3n) is 3.56. The zero-order valence-electron chi connectivity index (χ0n) is 14.4. The topological polar surface area (TPSA) is 84.2 Å². The van der Waals surface area contributed by atoms with Gasteiger partial charge in [0.1, 0.15) is 0 Å². The molecule has 0 heterocycles. The van der Waals surface area contributed by atoms with Gasteiger partial charge in [0, 0.05) is 17.3 Å². The Balaban J connectivity index is 0.00000312. The summed E-state index contributed by atoms with van der Waals surface area (Å²) in [6, 6.07) is 16.0. The van der Waals surface area contributed by atoms with Crippen LogP contribution in [0.25, 0.3) is 0 Å². The van der Waals surface area contributed by atoms with Gasteiger partial charge in [-0.15, -0.1) is 12.4 Å². The van der Waals surface area contributed by atoms with E-state index in [0.717, 1.165) is 5.56 Å². The van der Waals surface area contributed by atoms with E-state index in [2.05, 4.69) is 10.6 Å². The molecule has 1 atom stereocenters. The van der Waals surface area contributed by atoms with E-state index >= 15 is 0 Å². The summed E-state index contributed by atoms with van der Waals surface area (Å²) >= 11 is 0. The Morgan fingerprint density at radius 2 is 1.48 bits per heavy atom. The molecule has 0 saturated carbocycles. The van der Waals surface area contributed by atoms with Crippen LogP contribution >= 0.6 is 12.4 Å². The van der Waals surface area contributed by atoms with Crippen molar-refractivity contribution in [2.24, 2.45) is 11.7 Å². The van der Waals surface area contributed by atoms with Crippen LogP contribution in [-0.4, -0.2) is 17.9 Å². The molecular weight excluding hydrogens is 338 g/mol. The molecule has 0 aliphatic carbocycles. The maximum absolute atomic E-state index is 12.2. The second kappa shape index (κ2) is 9.81. The Morgan fingerprint density at radius 1 is 0.920 bits per heavy atom. The number of nitrogens with one attached hydrogen (secondary N) is 2. The zero-order valence-corrected chi connectivity index (χ0v) is 15.2. The Morgan fingerprint density at radius 3 is 2.04 bits per heavy atom. The molecule has 2 rings (SSSR count). The molecule has 0 saturated heterocycles. The van der Waals surface area contributed by atoms with E-state index in [1.807, 2.05) is 44.2 Å². The number of carbonyl (C=O) groups excluding carboxylic acids is 2. The number of hydrogen-bond donors (Lipinski definition) is 3. The lowest BCUT2D eigenvalue weighted by Crippen LogP contribution is -2.37. The third-order valence-corrected chi connectivity index (χ3v) is 3.56. The molecule has 4 N–H and O–H groups in total. The number of benzene rings is 2. The van der Waals surface area contributed by atoms with Crippen molar-refractivity contribution in [1.82, 2.24) is 0 Å². The summed E-state index contributed by atoms with van der Waals surface area (Å²) in [5.74, 6) is -0.437. The number of rotatable bonds is 6. The van der Waals surface area contributed by atoms with Crippen molar-refractivity contribution in [3.8, 4) is 0 Å². The number of halogens is 1. The summed E-state index contributed by atoms with van der Waals surface area (Å²) in [5, 5.41) is 5.59. The number of anilines is 2. The minimum absolute atomic E-state index is 0. The first-order valence-corrected chi connectivity index (χ1v) is 7.97. The van der Waals surface area contributed by atoms with Gasteiger partial charge in [-0.2, -0.15) is 0 Å². The molecule has 0 aliphatic rings. The summed E-state index contributed by atoms with van der Waals surface area (Å²) in [6.07, 6.45) is 0.469. The number of hydrogen-bond acceptors (Lipinski definition) is 3. The van der Waals surface area contributed by atoms with Crippen molar-refractivity contribution in [3.05, 3.63) is 60.2 Å². The molecule has 2 aromatic rings. The van der Waals surface area contributed by atoms with Gasteiger partial charge in [0.05, 0.1) is 6.04 Å². The SMILES string of the molecule is CC(C)C(=O)Nc1cccc(NC(=O)[C@@H](N)Cc2ccccc2)c1.Cl. The standard InChI is InChI=1S/C19H23N3O2.ClH/c1-13(2)18(23)21-15-9-6-10-16(12-15)22-19(24)17(20)11-14-7-4-3-5-8-14;/h3-10,12-13,17H,11,20H2,1-2H3,(H,21,23)(H,22,24);1H/t17-;/m0./s1. The molecule has 5 nitrogen and oxygen atoms in total. The lowest BCUT2D eigenvalue weighted by atomic mass is 10.1. The van der Waals surface area contributed by atoms with E-state index in [-0.39, 0.29) is 30.1 Å². The summed E-state index contributed by atoms with van der Waals surface area (Å²) in [7, 11) is 0. The van der Waals surface area contributed by atoms with Gasteiger partial charge < -0.3 is 16.4 Å². The van der Waals surface area contributed by atoms with Crippen molar-refractivity contribution in [2.75, 3.05) is 10.6 Å². The minimum atomic E-state index is -0.638. The molecule has 0 fully saturated rings. The number of nitrogens with two attached hydrogens (primary N) is 1. The quantitative estimate of drug-likeness (QED) is 0.738. The van der Waals surface area contributed by atoms with E-state index in [9.17, 15) is 9.59 Å². The lowest BCUT2D eigenvalue weighted by molar-refractivity contribution is -0.119. The molecule has 25 heavy (non-hydrogen) atoms. The summed E-state index contributed by atoms with van der Waals surface area (Å²) in [6.45, 7) is 3.65. The van der Waals surface area contributed by atoms with Crippen LogP contribution in [0.2, 0.25) is 0 Å². The highest BCUT2D eigenvalue weighted by Gasteiger charge is 2.14. The van der Waals surface area contributed by atoms with Crippen molar-refractivity contribution in [1.29, 1.82) is 0 Å². The van der Waals surface area contributed by atoms with E-state index in [4.69, 9.17) is 5.73 Å². The van der Waals surface area contributed by atoms with Crippen molar-refractivity contribution in [3.63, 3.8) is 0 Å². The largest absolute Gasteiger partial charge is 0.326 e. The predicted octanol–water partition coefficient (Wildman–Crippen LogP) is 3.21. The molecule has 0 aliphatic heterocycles. The van der Waals surface area contributed by atoms with Gasteiger partial charge in [-0.25, -0.2) is 0 Å². The molecule has 0 unspecified atom stereocenters. The van der Waals surface area contributed by atoms with Crippen LogP contribution in [0.15, 0.2) is 54.6 Å². The second-order valence-corrected chi connectivity index (χ2v) is 6.01. The van der Waals surface area contributed by atoms with E-state index in [1.54, 1.807) is 24.3 Å². The Kier molecular flexibility index (Phi) is 8.11. The molecule has 2 aromatic carbocycles. The van der Waals surface area contributed by atoms with Crippen LogP contribution in [0, 0.1) is 5.92 Å². The van der Waals surface area contributed by atoms with Gasteiger partial charge in [-0.3, -0.25) is 9.59 Å². The fourth-order valence-electron chi connectivity index (χ4n) is 2.16. The monoisotopic (exact) mass is 361 g/mol. The van der Waals surface area contributed by atoms with Crippen LogP contribution in [0.5, 0.6) is 0 Å². The molecule has 134 valence electrons. The third kappa shape index (κ3) is 6.57. The van der Waals surface area contributed by atoms with Crippen LogP contribution in [0.1, 0.15) is 19.4 Å². The Hall–Kier alpha value is -2.37. The second-order valence-electron chi connectivity index (χ2n) is 6.01. The van der Waals surface area contributed by atoms with E-state index < -0.39 is 6.04 Å². The van der Waals surface area contributed by atoms with Crippen LogP contribution in [0.3, 0.4) is 0 Å². The fraction of sp³-hybridized carbons (Fsp3) is 0.263. The number of amides is 2. The first kappa shape index (κ1) is 20.7. The molecule has 0 bridgehead atoms. The average Bonchev–Trinajstić information content (AvgIpc) is 2.56. The summed E-state index contributed by atoms with van der Waals surface area (Å²) in [4.78, 5) is 24.0. The zero-order chi connectivity index (χ0) is 17.5. The molecule has 0 spiro atoms. The van der Waals surface area contributed by atoms with Crippen molar-refractivity contribution >= 4 is 35.6 Å². The van der Waals surface area contributed by atoms with Gasteiger partial charge in [-0.05, 0) is 30.2 Å². The molecule has 0 radical (unpaired) electrons. The minimum Gasteiger partial charge on any atom is -0.326 e. The molecule has 6 heteroatoms. The van der Waals surface area contributed by atoms with Crippen LogP contribution in [-0.2, 0) is 16.0 Å². The van der Waals surface area contributed by atoms with Gasteiger partial charge in [-0.1, -0.05) is 50.2 Å². The van der Waals surface area contributed by atoms with Crippen molar-refractivity contribution < 1.29 is 9.59 Å². The Bertz CT molecular complexity index is 705. The summed E-state index contributed by atoms with van der Waals surface area (Å²) in [5.41, 5.74) is 8.23. The van der Waals surface area contributed by atoms with Gasteiger partial charge in [0.2, 0.25) is 11.8 Å². The van der Waals surface area contributed by atoms with Gasteiger partial charge in [0.25, 0.3) is 0 Å². The highest BCUT2D eigenvalue weighted by molar-refractivity contribution is 5.96. The summed E-state index contributed by atoms with van der Waals surface area (Å²) < 4.78 is 0. The smallest absolute Gasteiger partial charge is 0.241 e. The van der Waals surface area contributed by atoms with Gasteiger partial charge in [0.15, 0.2) is 0 Å². The van der Waals surface area contributed by atoms with Gasteiger partial charge >= 0.3 is 0 Å². The first-order valence-electron chi connectivity index (χ1n) is 7.97. The average molecular weight is 362 g/mol. The highest BCUT2D eigenvalue weighted by atomic mass is 35.5. The van der Waals surface area contributed by atoms with Crippen LogP contribution in [0.4, 0.5) is 11.4 Å². The van der Waals surface area contributed by atoms with E-state index in [0.29, 0.717) is 17.8 Å². The predicted molar refractivity (Wildman–Crippen MR) is 104 cm³/mol.